The minimum Gasteiger partial charge on any atom is -0.294 e. The molecule has 0 aliphatic heterocycles. The zero-order valence-corrected chi connectivity index (χ0v) is 12.0. The predicted octanol–water partition coefficient (Wildman–Crippen LogP) is 4.99. The van der Waals surface area contributed by atoms with Gasteiger partial charge < -0.3 is 0 Å². The van der Waals surface area contributed by atoms with Crippen molar-refractivity contribution in [3.05, 3.63) is 34.6 Å². The first kappa shape index (κ1) is 14.2. The summed E-state index contributed by atoms with van der Waals surface area (Å²) in [4.78, 5) is 12.3. The van der Waals surface area contributed by atoms with Gasteiger partial charge in [-0.15, -0.1) is 0 Å². The molecule has 0 atom stereocenters. The summed E-state index contributed by atoms with van der Waals surface area (Å²) in [7, 11) is 0. The molecule has 0 radical (unpaired) electrons. The lowest BCUT2D eigenvalue weighted by Crippen LogP contribution is -2.09. The van der Waals surface area contributed by atoms with Gasteiger partial charge in [0.1, 0.15) is 5.82 Å². The molecule has 0 aromatic heterocycles. The summed E-state index contributed by atoms with van der Waals surface area (Å²) >= 11 is 0. The van der Waals surface area contributed by atoms with E-state index in [9.17, 15) is 9.18 Å². The lowest BCUT2D eigenvalue weighted by atomic mass is 9.91. The molecule has 0 heterocycles. The Labute approximate surface area is 115 Å². The lowest BCUT2D eigenvalue weighted by molar-refractivity contribution is 0.0957. The van der Waals surface area contributed by atoms with Gasteiger partial charge in [0.25, 0.3) is 0 Å². The Bertz CT molecular complexity index is 433. The second-order valence-corrected chi connectivity index (χ2v) is 5.91. The normalized spacial score (nSPS) is 17.2. The molecule has 1 fully saturated rings. The van der Waals surface area contributed by atoms with Gasteiger partial charge in [0, 0.05) is 12.0 Å². The zero-order valence-electron chi connectivity index (χ0n) is 12.0. The van der Waals surface area contributed by atoms with Gasteiger partial charge in [-0.1, -0.05) is 38.5 Å². The first-order valence-corrected chi connectivity index (χ1v) is 7.38. The van der Waals surface area contributed by atoms with Crippen LogP contribution in [-0.4, -0.2) is 5.78 Å². The lowest BCUT2D eigenvalue weighted by Gasteiger charge is -2.13. The van der Waals surface area contributed by atoms with Crippen molar-refractivity contribution in [2.24, 2.45) is 5.92 Å². The van der Waals surface area contributed by atoms with Crippen LogP contribution in [0.2, 0.25) is 0 Å². The fraction of sp³-hybridized carbons (Fsp3) is 0.588. The van der Waals surface area contributed by atoms with E-state index in [1.54, 1.807) is 26.0 Å². The summed E-state index contributed by atoms with van der Waals surface area (Å²) in [5.74, 6) is 0.518. The van der Waals surface area contributed by atoms with Crippen LogP contribution in [0.4, 0.5) is 4.39 Å². The number of hydrogen-bond acceptors (Lipinski definition) is 1. The highest BCUT2D eigenvalue weighted by Crippen LogP contribution is 2.27. The molecule has 1 aromatic rings. The Balaban J connectivity index is 2.07. The number of carbonyl (C=O) groups is 1. The maximum atomic E-state index is 13.6. The largest absolute Gasteiger partial charge is 0.294 e. The maximum Gasteiger partial charge on any atom is 0.163 e. The van der Waals surface area contributed by atoms with Crippen molar-refractivity contribution in [1.82, 2.24) is 0 Å². The molecule has 0 bridgehead atoms. The first-order chi connectivity index (χ1) is 9.08. The molecule has 1 nitrogen and oxygen atoms in total. The number of carbonyl (C=O) groups excluding carboxylic acids is 1. The summed E-state index contributed by atoms with van der Waals surface area (Å²) in [6, 6.07) is 3.39. The number of aryl methyl sites for hydroxylation is 2. The quantitative estimate of drug-likeness (QED) is 0.554. The second-order valence-electron chi connectivity index (χ2n) is 5.91. The predicted molar refractivity (Wildman–Crippen MR) is 76.0 cm³/mol. The van der Waals surface area contributed by atoms with E-state index in [-0.39, 0.29) is 11.6 Å². The second kappa shape index (κ2) is 6.31. The SMILES string of the molecule is Cc1cc(C(=O)CC2CCCCCC2)cc(C)c1F. The fourth-order valence-corrected chi connectivity index (χ4v) is 3.05. The average molecular weight is 262 g/mol. The van der Waals surface area contributed by atoms with Crippen LogP contribution in [0.3, 0.4) is 0 Å². The van der Waals surface area contributed by atoms with Gasteiger partial charge in [-0.25, -0.2) is 4.39 Å². The van der Waals surface area contributed by atoms with Gasteiger partial charge in [-0.2, -0.15) is 0 Å². The van der Waals surface area contributed by atoms with Gasteiger partial charge in [0.05, 0.1) is 0 Å². The Hall–Kier alpha value is -1.18. The average Bonchev–Trinajstić information content (AvgIpc) is 2.64. The van der Waals surface area contributed by atoms with Gasteiger partial charge in [-0.05, 0) is 43.0 Å². The Kier molecular flexibility index (Phi) is 4.73. The molecule has 104 valence electrons. The van der Waals surface area contributed by atoms with E-state index in [0.29, 0.717) is 29.0 Å². The maximum absolute atomic E-state index is 13.6. The molecule has 2 rings (SSSR count). The van der Waals surface area contributed by atoms with Crippen molar-refractivity contribution < 1.29 is 9.18 Å². The molecule has 0 amide bonds. The van der Waals surface area contributed by atoms with Crippen LogP contribution in [-0.2, 0) is 0 Å². The molecule has 0 spiro atoms. The Morgan fingerprint density at radius 2 is 1.63 bits per heavy atom. The monoisotopic (exact) mass is 262 g/mol. The summed E-state index contributed by atoms with van der Waals surface area (Å²) in [6.45, 7) is 3.45. The van der Waals surface area contributed by atoms with E-state index < -0.39 is 0 Å². The van der Waals surface area contributed by atoms with Gasteiger partial charge in [0.2, 0.25) is 0 Å². The van der Waals surface area contributed by atoms with Crippen LogP contribution in [0.15, 0.2) is 12.1 Å². The van der Waals surface area contributed by atoms with Crippen LogP contribution >= 0.6 is 0 Å². The Morgan fingerprint density at radius 3 is 2.16 bits per heavy atom. The van der Waals surface area contributed by atoms with Crippen LogP contribution in [0.5, 0.6) is 0 Å². The van der Waals surface area contributed by atoms with Gasteiger partial charge in [0.15, 0.2) is 5.78 Å². The molecule has 0 unspecified atom stereocenters. The molecule has 2 heteroatoms. The summed E-state index contributed by atoms with van der Waals surface area (Å²) in [5.41, 5.74) is 1.83. The van der Waals surface area contributed by atoms with Crippen molar-refractivity contribution in [3.63, 3.8) is 0 Å². The molecule has 1 saturated carbocycles. The van der Waals surface area contributed by atoms with E-state index in [2.05, 4.69) is 0 Å². The van der Waals surface area contributed by atoms with Crippen molar-refractivity contribution in [2.45, 2.75) is 58.8 Å². The summed E-state index contributed by atoms with van der Waals surface area (Å²) in [6.07, 6.45) is 8.08. The zero-order chi connectivity index (χ0) is 13.8. The molecule has 0 N–H and O–H groups in total. The highest BCUT2D eigenvalue weighted by Gasteiger charge is 2.18. The van der Waals surface area contributed by atoms with Crippen LogP contribution in [0, 0.1) is 25.6 Å². The number of hydrogen-bond donors (Lipinski definition) is 0. The third-order valence-corrected chi connectivity index (χ3v) is 4.21. The molecular formula is C17H23FO. The molecule has 1 aliphatic carbocycles. The van der Waals surface area contributed by atoms with Crippen molar-refractivity contribution >= 4 is 5.78 Å². The van der Waals surface area contributed by atoms with Crippen molar-refractivity contribution in [2.75, 3.05) is 0 Å². The highest BCUT2D eigenvalue weighted by molar-refractivity contribution is 5.96. The number of halogens is 1. The van der Waals surface area contributed by atoms with Crippen molar-refractivity contribution in [3.8, 4) is 0 Å². The molecule has 19 heavy (non-hydrogen) atoms. The molecule has 0 saturated heterocycles. The minimum absolute atomic E-state index is 0.179. The Morgan fingerprint density at radius 1 is 1.11 bits per heavy atom. The molecular weight excluding hydrogens is 239 g/mol. The van der Waals surface area contributed by atoms with Crippen LogP contribution in [0.1, 0.15) is 66.4 Å². The van der Waals surface area contributed by atoms with E-state index in [1.165, 1.54) is 38.5 Å². The van der Waals surface area contributed by atoms with E-state index >= 15 is 0 Å². The van der Waals surface area contributed by atoms with Crippen LogP contribution in [0.25, 0.3) is 0 Å². The topological polar surface area (TPSA) is 17.1 Å². The molecule has 1 aliphatic rings. The number of rotatable bonds is 3. The fourth-order valence-electron chi connectivity index (χ4n) is 3.05. The number of Topliss-reactive ketones (excluding diaryl/α,β-unsaturated/α-hetero) is 1. The highest BCUT2D eigenvalue weighted by atomic mass is 19.1. The third kappa shape index (κ3) is 3.65. The van der Waals surface area contributed by atoms with E-state index in [0.717, 1.165) is 0 Å². The third-order valence-electron chi connectivity index (χ3n) is 4.21. The number of benzene rings is 1. The summed E-state index contributed by atoms with van der Waals surface area (Å²) < 4.78 is 13.6. The summed E-state index contributed by atoms with van der Waals surface area (Å²) in [5, 5.41) is 0. The molecule has 1 aromatic carbocycles. The van der Waals surface area contributed by atoms with Crippen LogP contribution < -0.4 is 0 Å². The van der Waals surface area contributed by atoms with E-state index in [1.807, 2.05) is 0 Å². The first-order valence-electron chi connectivity index (χ1n) is 7.38. The smallest absolute Gasteiger partial charge is 0.163 e. The van der Waals surface area contributed by atoms with Crippen molar-refractivity contribution in [1.29, 1.82) is 0 Å². The minimum atomic E-state index is -0.189. The van der Waals surface area contributed by atoms with Gasteiger partial charge >= 0.3 is 0 Å². The van der Waals surface area contributed by atoms with Gasteiger partial charge in [-0.3, -0.25) is 4.79 Å². The van der Waals surface area contributed by atoms with E-state index in [4.69, 9.17) is 0 Å². The number of ketones is 1. The standard InChI is InChI=1S/C17H23FO/c1-12-9-15(10-13(2)17(12)18)16(19)11-14-7-5-3-4-6-8-14/h9-10,14H,3-8,11H2,1-2H3.